The number of nitrogens with zero attached hydrogens (tertiary/aromatic N) is 2. The zero-order valence-electron chi connectivity index (χ0n) is 10.4. The van der Waals surface area contributed by atoms with E-state index in [1.54, 1.807) is 4.68 Å². The fraction of sp³-hybridized carbons (Fsp3) is 0.308. The summed E-state index contributed by atoms with van der Waals surface area (Å²) in [4.78, 5) is 0. The highest BCUT2D eigenvalue weighted by Crippen LogP contribution is 2.28. The molecule has 0 amide bonds. The molecule has 0 saturated heterocycles. The van der Waals surface area contributed by atoms with E-state index >= 15 is 0 Å². The molecule has 0 radical (unpaired) electrons. The summed E-state index contributed by atoms with van der Waals surface area (Å²) in [5.74, 6) is 0. The van der Waals surface area contributed by atoms with Gasteiger partial charge in [-0.3, -0.25) is 0 Å². The standard InChI is InChI=1S/C13H15Cl2N3/c1-3-16-7-10-8-18(17-9(10)2)13-11(14)5-4-6-12(13)15/h4-6,8,16H,3,7H2,1-2H3. The third kappa shape index (κ3) is 2.69. The average Bonchev–Trinajstić information content (AvgIpc) is 2.67. The largest absolute Gasteiger partial charge is 0.313 e. The van der Waals surface area contributed by atoms with Gasteiger partial charge >= 0.3 is 0 Å². The Bertz CT molecular complexity index is 529. The lowest BCUT2D eigenvalue weighted by Gasteiger charge is -2.06. The highest BCUT2D eigenvalue weighted by molar-refractivity contribution is 6.37. The number of hydrogen-bond acceptors (Lipinski definition) is 2. The Kier molecular flexibility index (Phi) is 4.27. The Morgan fingerprint density at radius 3 is 2.56 bits per heavy atom. The van der Waals surface area contributed by atoms with E-state index in [1.165, 1.54) is 0 Å². The van der Waals surface area contributed by atoms with Crippen LogP contribution in [0.2, 0.25) is 10.0 Å². The predicted octanol–water partition coefficient (Wildman–Crippen LogP) is 3.60. The normalized spacial score (nSPS) is 10.9. The van der Waals surface area contributed by atoms with E-state index in [-0.39, 0.29) is 0 Å². The summed E-state index contributed by atoms with van der Waals surface area (Å²) in [5.41, 5.74) is 2.85. The fourth-order valence-corrected chi connectivity index (χ4v) is 2.32. The van der Waals surface area contributed by atoms with E-state index in [0.717, 1.165) is 30.0 Å². The number of nitrogens with one attached hydrogen (secondary N) is 1. The number of aromatic nitrogens is 2. The van der Waals surface area contributed by atoms with Crippen LogP contribution in [0.1, 0.15) is 18.2 Å². The van der Waals surface area contributed by atoms with Crippen molar-refractivity contribution in [3.63, 3.8) is 0 Å². The third-order valence-electron chi connectivity index (χ3n) is 2.73. The maximum absolute atomic E-state index is 6.17. The highest BCUT2D eigenvalue weighted by Gasteiger charge is 2.11. The van der Waals surface area contributed by atoms with Crippen LogP contribution in [-0.4, -0.2) is 16.3 Å². The van der Waals surface area contributed by atoms with E-state index in [9.17, 15) is 0 Å². The molecule has 0 aliphatic rings. The van der Waals surface area contributed by atoms with Crippen LogP contribution in [0.5, 0.6) is 0 Å². The lowest BCUT2D eigenvalue weighted by Crippen LogP contribution is -2.11. The molecule has 2 rings (SSSR count). The number of hydrogen-bond donors (Lipinski definition) is 1. The molecule has 1 N–H and O–H groups in total. The summed E-state index contributed by atoms with van der Waals surface area (Å²) < 4.78 is 1.74. The lowest BCUT2D eigenvalue weighted by atomic mass is 10.2. The second-order valence-corrected chi connectivity index (χ2v) is 4.85. The Morgan fingerprint density at radius 1 is 1.28 bits per heavy atom. The SMILES string of the molecule is CCNCc1cn(-c2c(Cl)cccc2Cl)nc1C. The van der Waals surface area contributed by atoms with Crippen LogP contribution in [-0.2, 0) is 6.54 Å². The summed E-state index contributed by atoms with van der Waals surface area (Å²) in [6.07, 6.45) is 1.96. The molecule has 2 aromatic rings. The molecule has 3 nitrogen and oxygen atoms in total. The van der Waals surface area contributed by atoms with Crippen molar-refractivity contribution >= 4 is 23.2 Å². The van der Waals surface area contributed by atoms with Crippen LogP contribution in [0.25, 0.3) is 5.69 Å². The predicted molar refractivity (Wildman–Crippen MR) is 75.7 cm³/mol. The van der Waals surface area contributed by atoms with Crippen molar-refractivity contribution in [2.24, 2.45) is 0 Å². The molecule has 0 saturated carbocycles. The number of aryl methyl sites for hydroxylation is 1. The molecular weight excluding hydrogens is 269 g/mol. The van der Waals surface area contributed by atoms with Crippen LogP contribution >= 0.6 is 23.2 Å². The Balaban J connectivity index is 2.40. The highest BCUT2D eigenvalue weighted by atomic mass is 35.5. The quantitative estimate of drug-likeness (QED) is 0.929. The summed E-state index contributed by atoms with van der Waals surface area (Å²) in [5, 5.41) is 8.94. The summed E-state index contributed by atoms with van der Waals surface area (Å²) in [6, 6.07) is 5.44. The minimum atomic E-state index is 0.597. The van der Waals surface area contributed by atoms with E-state index < -0.39 is 0 Å². The van der Waals surface area contributed by atoms with E-state index in [0.29, 0.717) is 10.0 Å². The summed E-state index contributed by atoms with van der Waals surface area (Å²) >= 11 is 12.3. The van der Waals surface area contributed by atoms with Crippen molar-refractivity contribution in [3.05, 3.63) is 45.7 Å². The van der Waals surface area contributed by atoms with Crippen LogP contribution in [0.15, 0.2) is 24.4 Å². The van der Waals surface area contributed by atoms with Gasteiger partial charge in [-0.05, 0) is 25.6 Å². The summed E-state index contributed by atoms with van der Waals surface area (Å²) in [6.45, 7) is 5.78. The molecule has 0 fully saturated rings. The molecule has 0 aliphatic heterocycles. The fourth-order valence-electron chi connectivity index (χ4n) is 1.75. The van der Waals surface area contributed by atoms with Gasteiger partial charge in [0.1, 0.15) is 5.69 Å². The van der Waals surface area contributed by atoms with E-state index in [1.807, 2.05) is 31.3 Å². The minimum absolute atomic E-state index is 0.597. The van der Waals surface area contributed by atoms with Gasteiger partial charge in [-0.15, -0.1) is 0 Å². The summed E-state index contributed by atoms with van der Waals surface area (Å²) in [7, 11) is 0. The molecule has 1 heterocycles. The van der Waals surface area contributed by atoms with Crippen molar-refractivity contribution in [2.75, 3.05) is 6.54 Å². The van der Waals surface area contributed by atoms with Gasteiger partial charge in [0, 0.05) is 18.3 Å². The number of para-hydroxylation sites is 1. The van der Waals surface area contributed by atoms with Gasteiger partial charge in [0.2, 0.25) is 0 Å². The zero-order chi connectivity index (χ0) is 13.1. The smallest absolute Gasteiger partial charge is 0.102 e. The topological polar surface area (TPSA) is 29.9 Å². The lowest BCUT2D eigenvalue weighted by molar-refractivity contribution is 0.723. The van der Waals surface area contributed by atoms with Crippen molar-refractivity contribution in [3.8, 4) is 5.69 Å². The van der Waals surface area contributed by atoms with Crippen molar-refractivity contribution in [1.29, 1.82) is 0 Å². The van der Waals surface area contributed by atoms with Gasteiger partial charge in [0.15, 0.2) is 0 Å². The Morgan fingerprint density at radius 2 is 1.94 bits per heavy atom. The van der Waals surface area contributed by atoms with Gasteiger partial charge in [-0.2, -0.15) is 5.10 Å². The van der Waals surface area contributed by atoms with Gasteiger partial charge in [-0.25, -0.2) is 4.68 Å². The first-order valence-electron chi connectivity index (χ1n) is 5.83. The first-order chi connectivity index (χ1) is 8.63. The molecule has 0 atom stereocenters. The van der Waals surface area contributed by atoms with Crippen LogP contribution in [0.3, 0.4) is 0 Å². The van der Waals surface area contributed by atoms with E-state index in [2.05, 4.69) is 17.3 Å². The van der Waals surface area contributed by atoms with E-state index in [4.69, 9.17) is 23.2 Å². The second-order valence-electron chi connectivity index (χ2n) is 4.03. The number of rotatable bonds is 4. The average molecular weight is 284 g/mol. The van der Waals surface area contributed by atoms with Gasteiger partial charge < -0.3 is 5.32 Å². The molecule has 18 heavy (non-hydrogen) atoms. The second kappa shape index (κ2) is 5.74. The van der Waals surface area contributed by atoms with Gasteiger partial charge in [0.05, 0.1) is 15.7 Å². The monoisotopic (exact) mass is 283 g/mol. The molecule has 5 heteroatoms. The molecule has 1 aromatic heterocycles. The molecule has 0 spiro atoms. The third-order valence-corrected chi connectivity index (χ3v) is 3.34. The Labute approximate surface area is 117 Å². The Hall–Kier alpha value is -1.03. The maximum atomic E-state index is 6.17. The zero-order valence-corrected chi connectivity index (χ0v) is 11.9. The minimum Gasteiger partial charge on any atom is -0.313 e. The maximum Gasteiger partial charge on any atom is 0.102 e. The molecule has 0 aliphatic carbocycles. The van der Waals surface area contributed by atoms with Crippen molar-refractivity contribution < 1.29 is 0 Å². The number of halogens is 2. The number of benzene rings is 1. The van der Waals surface area contributed by atoms with Gasteiger partial charge in [-0.1, -0.05) is 36.2 Å². The van der Waals surface area contributed by atoms with Crippen LogP contribution in [0.4, 0.5) is 0 Å². The molecule has 1 aromatic carbocycles. The first-order valence-corrected chi connectivity index (χ1v) is 6.59. The van der Waals surface area contributed by atoms with Crippen molar-refractivity contribution in [1.82, 2.24) is 15.1 Å². The molecule has 0 bridgehead atoms. The first kappa shape index (κ1) is 13.4. The molecule has 96 valence electrons. The molecule has 0 unspecified atom stereocenters. The van der Waals surface area contributed by atoms with Crippen LogP contribution < -0.4 is 5.32 Å². The molecular formula is C13H15Cl2N3. The van der Waals surface area contributed by atoms with Crippen LogP contribution in [0, 0.1) is 6.92 Å². The van der Waals surface area contributed by atoms with Gasteiger partial charge in [0.25, 0.3) is 0 Å². The van der Waals surface area contributed by atoms with Crippen molar-refractivity contribution in [2.45, 2.75) is 20.4 Å².